The summed E-state index contributed by atoms with van der Waals surface area (Å²) in [7, 11) is 0. The van der Waals surface area contributed by atoms with Crippen LogP contribution in [-0.4, -0.2) is 35.4 Å². The van der Waals surface area contributed by atoms with E-state index in [-0.39, 0.29) is 30.9 Å². The van der Waals surface area contributed by atoms with Crippen LogP contribution in [0, 0.1) is 5.82 Å². The fourth-order valence-electron chi connectivity index (χ4n) is 3.43. The summed E-state index contributed by atoms with van der Waals surface area (Å²) in [6.07, 6.45) is 2.84. The van der Waals surface area contributed by atoms with E-state index in [1.54, 1.807) is 0 Å². The first-order valence-corrected chi connectivity index (χ1v) is 10.0. The van der Waals surface area contributed by atoms with Crippen LogP contribution < -0.4 is 10.1 Å². The van der Waals surface area contributed by atoms with Gasteiger partial charge in [0.25, 0.3) is 0 Å². The molecular weight excluding hydrogens is 385 g/mol. The highest BCUT2D eigenvalue weighted by atomic mass is 19.1. The maximum absolute atomic E-state index is 12.9. The number of amides is 1. The number of ether oxygens (including phenoxy) is 2. The van der Waals surface area contributed by atoms with Gasteiger partial charge in [0, 0.05) is 12.7 Å². The van der Waals surface area contributed by atoms with Crippen LogP contribution in [0.5, 0.6) is 5.75 Å². The van der Waals surface area contributed by atoms with Crippen LogP contribution >= 0.6 is 0 Å². The minimum Gasteiger partial charge on any atom is -0.493 e. The van der Waals surface area contributed by atoms with Crippen LogP contribution in [0.15, 0.2) is 60.8 Å². The van der Waals surface area contributed by atoms with E-state index in [2.05, 4.69) is 23.6 Å². The zero-order valence-electron chi connectivity index (χ0n) is 16.6. The third-order valence-electron chi connectivity index (χ3n) is 4.95. The maximum Gasteiger partial charge on any atom is 0.223 e. The van der Waals surface area contributed by atoms with Gasteiger partial charge in [0.05, 0.1) is 31.9 Å². The summed E-state index contributed by atoms with van der Waals surface area (Å²) >= 11 is 0. The van der Waals surface area contributed by atoms with Crippen molar-refractivity contribution in [1.82, 2.24) is 15.1 Å². The summed E-state index contributed by atoms with van der Waals surface area (Å²) in [6.45, 7) is 1.90. The van der Waals surface area contributed by atoms with Gasteiger partial charge in [-0.15, -0.1) is 0 Å². The van der Waals surface area contributed by atoms with Crippen LogP contribution in [0.25, 0.3) is 0 Å². The van der Waals surface area contributed by atoms with Crippen molar-refractivity contribution in [3.05, 3.63) is 83.4 Å². The van der Waals surface area contributed by atoms with Crippen LogP contribution in [0.4, 0.5) is 4.39 Å². The molecule has 4 rings (SSSR count). The first-order chi connectivity index (χ1) is 14.7. The van der Waals surface area contributed by atoms with E-state index in [1.165, 1.54) is 29.8 Å². The van der Waals surface area contributed by atoms with Crippen LogP contribution in [-0.2, 0) is 22.5 Å². The molecule has 1 amide bonds. The van der Waals surface area contributed by atoms with E-state index in [0.29, 0.717) is 25.4 Å². The van der Waals surface area contributed by atoms with Gasteiger partial charge in [-0.2, -0.15) is 5.10 Å². The van der Waals surface area contributed by atoms with E-state index in [0.717, 1.165) is 17.7 Å². The van der Waals surface area contributed by atoms with Crippen molar-refractivity contribution in [2.75, 3.05) is 19.8 Å². The molecule has 0 radical (unpaired) electrons. The number of hydrogen-bond donors (Lipinski definition) is 1. The minimum absolute atomic E-state index is 0.128. The van der Waals surface area contributed by atoms with E-state index in [9.17, 15) is 9.18 Å². The lowest BCUT2D eigenvalue weighted by atomic mass is 10.1. The summed E-state index contributed by atoms with van der Waals surface area (Å²) in [6, 6.07) is 15.9. The fourth-order valence-corrected chi connectivity index (χ4v) is 3.43. The summed E-state index contributed by atoms with van der Waals surface area (Å²) in [5.41, 5.74) is 3.24. The molecule has 1 aromatic heterocycles. The van der Waals surface area contributed by atoms with Crippen molar-refractivity contribution in [3.63, 3.8) is 0 Å². The quantitative estimate of drug-likeness (QED) is 0.620. The Kier molecular flexibility index (Phi) is 6.39. The lowest BCUT2D eigenvalue weighted by Crippen LogP contribution is -2.32. The van der Waals surface area contributed by atoms with Gasteiger partial charge in [0.2, 0.25) is 5.91 Å². The number of hydrogen-bond acceptors (Lipinski definition) is 4. The molecule has 1 aliphatic heterocycles. The highest BCUT2D eigenvalue weighted by Crippen LogP contribution is 2.25. The van der Waals surface area contributed by atoms with Crippen molar-refractivity contribution in [3.8, 4) is 5.75 Å². The van der Waals surface area contributed by atoms with Gasteiger partial charge < -0.3 is 14.8 Å². The first kappa shape index (κ1) is 20.1. The smallest absolute Gasteiger partial charge is 0.223 e. The zero-order chi connectivity index (χ0) is 20.8. The molecule has 1 N–H and O–H groups in total. The molecule has 0 saturated carbocycles. The van der Waals surface area contributed by atoms with Crippen molar-refractivity contribution in [1.29, 1.82) is 0 Å². The van der Waals surface area contributed by atoms with Gasteiger partial charge in [-0.25, -0.2) is 4.39 Å². The number of fused-ring (bicyclic) bond motifs is 1. The number of nitrogens with one attached hydrogen (secondary N) is 1. The van der Waals surface area contributed by atoms with Crippen molar-refractivity contribution < 1.29 is 18.7 Å². The van der Waals surface area contributed by atoms with Crippen LogP contribution in [0.3, 0.4) is 0 Å². The van der Waals surface area contributed by atoms with Crippen LogP contribution in [0.1, 0.15) is 29.3 Å². The highest BCUT2D eigenvalue weighted by molar-refractivity contribution is 5.76. The predicted molar refractivity (Wildman–Crippen MR) is 110 cm³/mol. The molecule has 6 nitrogen and oxygen atoms in total. The van der Waals surface area contributed by atoms with Gasteiger partial charge in [0.15, 0.2) is 0 Å². The van der Waals surface area contributed by atoms with Gasteiger partial charge >= 0.3 is 0 Å². The Morgan fingerprint density at radius 3 is 2.80 bits per heavy atom. The van der Waals surface area contributed by atoms with Gasteiger partial charge in [-0.1, -0.05) is 30.3 Å². The molecule has 0 saturated heterocycles. The number of carbonyl (C=O) groups is 1. The summed E-state index contributed by atoms with van der Waals surface area (Å²) in [5, 5.41) is 7.59. The number of benzene rings is 2. The maximum atomic E-state index is 12.9. The zero-order valence-corrected chi connectivity index (χ0v) is 16.6. The Bertz CT molecular complexity index is 973. The number of halogens is 1. The molecular formula is C23H24FN3O3. The van der Waals surface area contributed by atoms with E-state index < -0.39 is 0 Å². The third-order valence-corrected chi connectivity index (χ3v) is 4.95. The minimum atomic E-state index is -0.321. The number of carbonyl (C=O) groups excluding carboxylic acids is 1. The summed E-state index contributed by atoms with van der Waals surface area (Å²) in [4.78, 5) is 12.2. The van der Waals surface area contributed by atoms with Crippen molar-refractivity contribution in [2.45, 2.75) is 25.5 Å². The van der Waals surface area contributed by atoms with Gasteiger partial charge in [0.1, 0.15) is 17.7 Å². The molecule has 2 heterocycles. The number of rotatable bonds is 8. The standard InChI is InChI=1S/C23H24FN3O3/c24-19-6-8-20(9-7-19)29-13-11-22(28)25-14-21-23-18(10-12-30-21)16-27(26-23)15-17-4-2-1-3-5-17/h1-9,16,21H,10-15H2,(H,25,28). The predicted octanol–water partition coefficient (Wildman–Crippen LogP) is 3.27. The number of aromatic nitrogens is 2. The monoisotopic (exact) mass is 409 g/mol. The molecule has 0 aliphatic carbocycles. The molecule has 1 atom stereocenters. The SMILES string of the molecule is O=C(CCOc1ccc(F)cc1)NCC1OCCc2cn(Cc3ccccc3)nc21. The second kappa shape index (κ2) is 9.54. The molecule has 2 aromatic carbocycles. The Balaban J connectivity index is 1.27. The third kappa shape index (κ3) is 5.24. The van der Waals surface area contributed by atoms with E-state index in [1.807, 2.05) is 22.9 Å². The molecule has 1 unspecified atom stereocenters. The van der Waals surface area contributed by atoms with E-state index in [4.69, 9.17) is 14.6 Å². The lowest BCUT2D eigenvalue weighted by Gasteiger charge is -2.22. The van der Waals surface area contributed by atoms with Gasteiger partial charge in [-0.05, 0) is 41.8 Å². The average molecular weight is 409 g/mol. The van der Waals surface area contributed by atoms with E-state index >= 15 is 0 Å². The molecule has 3 aromatic rings. The normalized spacial score (nSPS) is 15.4. The molecule has 0 fully saturated rings. The Morgan fingerprint density at radius 2 is 2.00 bits per heavy atom. The Hall–Kier alpha value is -3.19. The van der Waals surface area contributed by atoms with Crippen molar-refractivity contribution >= 4 is 5.91 Å². The first-order valence-electron chi connectivity index (χ1n) is 10.0. The van der Waals surface area contributed by atoms with Gasteiger partial charge in [-0.3, -0.25) is 9.48 Å². The Labute approximate surface area is 174 Å². The Morgan fingerprint density at radius 1 is 1.20 bits per heavy atom. The second-order valence-corrected chi connectivity index (χ2v) is 7.19. The summed E-state index contributed by atoms with van der Waals surface area (Å²) in [5.74, 6) is 0.0862. The molecule has 0 bridgehead atoms. The molecule has 156 valence electrons. The topological polar surface area (TPSA) is 65.4 Å². The molecule has 0 spiro atoms. The molecule has 7 heteroatoms. The highest BCUT2D eigenvalue weighted by Gasteiger charge is 2.25. The largest absolute Gasteiger partial charge is 0.493 e. The van der Waals surface area contributed by atoms with Crippen molar-refractivity contribution in [2.24, 2.45) is 0 Å². The second-order valence-electron chi connectivity index (χ2n) is 7.19. The fraction of sp³-hybridized carbons (Fsp3) is 0.304. The average Bonchev–Trinajstić information content (AvgIpc) is 3.17. The summed E-state index contributed by atoms with van der Waals surface area (Å²) < 4.78 is 26.1. The lowest BCUT2D eigenvalue weighted by molar-refractivity contribution is -0.122. The molecule has 30 heavy (non-hydrogen) atoms. The molecule has 1 aliphatic rings. The number of nitrogens with zero attached hydrogens (tertiary/aromatic N) is 2. The van der Waals surface area contributed by atoms with Crippen LogP contribution in [0.2, 0.25) is 0 Å².